The van der Waals surface area contributed by atoms with E-state index >= 15 is 0 Å². The molecule has 0 unspecified atom stereocenters. The van der Waals surface area contributed by atoms with Crippen molar-refractivity contribution in [2.75, 3.05) is 26.8 Å². The van der Waals surface area contributed by atoms with Gasteiger partial charge in [0.25, 0.3) is 0 Å². The van der Waals surface area contributed by atoms with Crippen LogP contribution in [0.2, 0.25) is 0 Å². The molecule has 1 aromatic carbocycles. The van der Waals surface area contributed by atoms with Gasteiger partial charge in [-0.25, -0.2) is 4.98 Å². The van der Waals surface area contributed by atoms with Crippen LogP contribution in [0, 0.1) is 6.92 Å². The number of imidazole rings is 1. The molecule has 0 aliphatic heterocycles. The number of aromatic nitrogens is 2. The average molecular weight is 372 g/mol. The van der Waals surface area contributed by atoms with E-state index in [0.717, 1.165) is 57.5 Å². The van der Waals surface area contributed by atoms with Crippen molar-refractivity contribution >= 4 is 5.96 Å². The van der Waals surface area contributed by atoms with E-state index in [2.05, 4.69) is 56.4 Å². The maximum atomic E-state index is 5.58. The van der Waals surface area contributed by atoms with E-state index in [9.17, 15) is 0 Å². The van der Waals surface area contributed by atoms with Crippen LogP contribution in [0.3, 0.4) is 0 Å². The fourth-order valence-electron chi connectivity index (χ4n) is 2.74. The van der Waals surface area contributed by atoms with Gasteiger partial charge in [0.1, 0.15) is 5.82 Å². The van der Waals surface area contributed by atoms with E-state index in [1.807, 2.05) is 19.3 Å². The standard InChI is InChI=1S/C21H33N5O/c1-4-5-13-27-14-7-10-24-21(22-3)25-16-19-8-6-9-20(15-19)17-26-12-11-23-18(26)2/h6,8-9,11-12,15H,4-5,7,10,13-14,16-17H2,1-3H3,(H2,22,24,25). The van der Waals surface area contributed by atoms with Crippen molar-refractivity contribution < 1.29 is 4.74 Å². The number of guanidine groups is 1. The second kappa shape index (κ2) is 12.1. The van der Waals surface area contributed by atoms with Gasteiger partial charge >= 0.3 is 0 Å². The fraction of sp³-hybridized carbons (Fsp3) is 0.524. The Kier molecular flexibility index (Phi) is 9.41. The molecule has 0 aliphatic rings. The third kappa shape index (κ3) is 7.83. The molecule has 2 aromatic rings. The van der Waals surface area contributed by atoms with Gasteiger partial charge in [0, 0.05) is 52.3 Å². The van der Waals surface area contributed by atoms with Crippen LogP contribution < -0.4 is 10.6 Å². The van der Waals surface area contributed by atoms with Crippen LogP contribution in [-0.4, -0.2) is 42.3 Å². The van der Waals surface area contributed by atoms with Gasteiger partial charge in [0.2, 0.25) is 0 Å². The number of nitrogens with one attached hydrogen (secondary N) is 2. The second-order valence-corrected chi connectivity index (χ2v) is 6.59. The van der Waals surface area contributed by atoms with Gasteiger partial charge in [-0.15, -0.1) is 0 Å². The van der Waals surface area contributed by atoms with Crippen molar-refractivity contribution in [1.29, 1.82) is 0 Å². The van der Waals surface area contributed by atoms with Crippen molar-refractivity contribution in [3.8, 4) is 0 Å². The average Bonchev–Trinajstić information content (AvgIpc) is 3.08. The van der Waals surface area contributed by atoms with Crippen molar-refractivity contribution in [2.24, 2.45) is 4.99 Å². The molecule has 2 rings (SSSR count). The molecule has 0 radical (unpaired) electrons. The highest BCUT2D eigenvalue weighted by molar-refractivity contribution is 5.79. The first kappa shape index (κ1) is 21.0. The molecule has 6 nitrogen and oxygen atoms in total. The molecule has 148 valence electrons. The van der Waals surface area contributed by atoms with Gasteiger partial charge < -0.3 is 19.9 Å². The number of aliphatic imine (C=N–C) groups is 1. The number of hydrogen-bond donors (Lipinski definition) is 2. The molecule has 0 fully saturated rings. The highest BCUT2D eigenvalue weighted by atomic mass is 16.5. The van der Waals surface area contributed by atoms with Gasteiger partial charge in [-0.2, -0.15) is 0 Å². The second-order valence-electron chi connectivity index (χ2n) is 6.59. The Morgan fingerprint density at radius 3 is 2.74 bits per heavy atom. The van der Waals surface area contributed by atoms with Gasteiger partial charge in [-0.05, 0) is 30.9 Å². The Bertz CT molecular complexity index is 695. The van der Waals surface area contributed by atoms with Crippen LogP contribution in [-0.2, 0) is 17.8 Å². The van der Waals surface area contributed by atoms with E-state index in [4.69, 9.17) is 4.74 Å². The molecule has 0 spiro atoms. The zero-order chi connectivity index (χ0) is 19.3. The lowest BCUT2D eigenvalue weighted by atomic mass is 10.1. The number of unbranched alkanes of at least 4 members (excludes halogenated alkanes) is 1. The first-order valence-electron chi connectivity index (χ1n) is 9.80. The van der Waals surface area contributed by atoms with Crippen LogP contribution in [0.25, 0.3) is 0 Å². The first-order chi connectivity index (χ1) is 13.2. The van der Waals surface area contributed by atoms with Crippen molar-refractivity contribution in [2.45, 2.75) is 46.2 Å². The number of rotatable bonds is 11. The number of aryl methyl sites for hydroxylation is 1. The minimum atomic E-state index is 0.740. The molecule has 6 heteroatoms. The molecule has 27 heavy (non-hydrogen) atoms. The largest absolute Gasteiger partial charge is 0.381 e. The van der Waals surface area contributed by atoms with Gasteiger partial charge in [0.15, 0.2) is 5.96 Å². The summed E-state index contributed by atoms with van der Waals surface area (Å²) in [6.45, 7) is 8.28. The Labute approximate surface area is 163 Å². The van der Waals surface area contributed by atoms with Crippen LogP contribution in [0.5, 0.6) is 0 Å². The zero-order valence-electron chi connectivity index (χ0n) is 16.9. The van der Waals surface area contributed by atoms with E-state index in [1.54, 1.807) is 7.05 Å². The fourth-order valence-corrected chi connectivity index (χ4v) is 2.74. The van der Waals surface area contributed by atoms with E-state index in [1.165, 1.54) is 17.5 Å². The monoisotopic (exact) mass is 371 g/mol. The molecule has 1 aromatic heterocycles. The minimum Gasteiger partial charge on any atom is -0.381 e. The summed E-state index contributed by atoms with van der Waals surface area (Å²) >= 11 is 0. The molecule has 0 amide bonds. The summed E-state index contributed by atoms with van der Waals surface area (Å²) in [6.07, 6.45) is 7.14. The number of nitrogens with zero attached hydrogens (tertiary/aromatic N) is 3. The quantitative estimate of drug-likeness (QED) is 0.362. The first-order valence-corrected chi connectivity index (χ1v) is 9.80. The van der Waals surface area contributed by atoms with Crippen LogP contribution in [0.4, 0.5) is 0 Å². The Balaban J connectivity index is 1.72. The summed E-state index contributed by atoms with van der Waals surface area (Å²) in [6, 6.07) is 8.60. The predicted octanol–water partition coefficient (Wildman–Crippen LogP) is 3.11. The molecule has 1 heterocycles. The molecular weight excluding hydrogens is 338 g/mol. The van der Waals surface area contributed by atoms with Gasteiger partial charge in [0.05, 0.1) is 0 Å². The Morgan fingerprint density at radius 2 is 2.00 bits per heavy atom. The highest BCUT2D eigenvalue weighted by Gasteiger charge is 2.02. The predicted molar refractivity (Wildman–Crippen MR) is 111 cm³/mol. The smallest absolute Gasteiger partial charge is 0.191 e. The van der Waals surface area contributed by atoms with Crippen molar-refractivity contribution in [3.05, 3.63) is 53.6 Å². The summed E-state index contributed by atoms with van der Waals surface area (Å²) in [7, 11) is 1.80. The highest BCUT2D eigenvalue weighted by Crippen LogP contribution is 2.08. The van der Waals surface area contributed by atoms with Gasteiger partial charge in [-0.3, -0.25) is 4.99 Å². The normalized spacial score (nSPS) is 11.6. The molecular formula is C21H33N5O. The maximum Gasteiger partial charge on any atom is 0.191 e. The van der Waals surface area contributed by atoms with E-state index in [-0.39, 0.29) is 0 Å². The molecule has 0 atom stereocenters. The summed E-state index contributed by atoms with van der Waals surface area (Å²) < 4.78 is 7.73. The molecule has 2 N–H and O–H groups in total. The number of ether oxygens (including phenoxy) is 1. The van der Waals surface area contributed by atoms with Crippen LogP contribution in [0.15, 0.2) is 41.7 Å². The van der Waals surface area contributed by atoms with Crippen LogP contribution in [0.1, 0.15) is 43.1 Å². The molecule has 0 saturated carbocycles. The van der Waals surface area contributed by atoms with E-state index < -0.39 is 0 Å². The Hall–Kier alpha value is -2.34. The maximum absolute atomic E-state index is 5.58. The molecule has 0 aliphatic carbocycles. The van der Waals surface area contributed by atoms with Gasteiger partial charge in [-0.1, -0.05) is 37.6 Å². The summed E-state index contributed by atoms with van der Waals surface area (Å²) in [5.41, 5.74) is 2.50. The third-order valence-corrected chi connectivity index (χ3v) is 4.35. The number of hydrogen-bond acceptors (Lipinski definition) is 3. The lowest BCUT2D eigenvalue weighted by molar-refractivity contribution is 0.129. The van der Waals surface area contributed by atoms with Crippen molar-refractivity contribution in [1.82, 2.24) is 20.2 Å². The topological polar surface area (TPSA) is 63.5 Å². The summed E-state index contributed by atoms with van der Waals surface area (Å²) in [5, 5.41) is 6.71. The summed E-state index contributed by atoms with van der Waals surface area (Å²) in [5.74, 6) is 1.85. The molecule has 0 bridgehead atoms. The third-order valence-electron chi connectivity index (χ3n) is 4.35. The number of benzene rings is 1. The lowest BCUT2D eigenvalue weighted by Gasteiger charge is -2.13. The zero-order valence-corrected chi connectivity index (χ0v) is 16.9. The Morgan fingerprint density at radius 1 is 1.19 bits per heavy atom. The minimum absolute atomic E-state index is 0.740. The van der Waals surface area contributed by atoms with Crippen LogP contribution >= 0.6 is 0 Å². The molecule has 0 saturated heterocycles. The SMILES string of the molecule is CCCCOCCCNC(=NC)NCc1cccc(Cn2ccnc2C)c1. The lowest BCUT2D eigenvalue weighted by Crippen LogP contribution is -2.37. The summed E-state index contributed by atoms with van der Waals surface area (Å²) in [4.78, 5) is 8.57. The van der Waals surface area contributed by atoms with Crippen molar-refractivity contribution in [3.63, 3.8) is 0 Å². The van der Waals surface area contributed by atoms with E-state index in [0.29, 0.717) is 0 Å².